The van der Waals surface area contributed by atoms with Crippen molar-refractivity contribution in [3.05, 3.63) is 30.3 Å². The number of phenolic OH excluding ortho intramolecular Hbond substituents is 1. The molecule has 0 spiro atoms. The molecular weight excluding hydrogens is 256 g/mol. The van der Waals surface area contributed by atoms with E-state index in [4.69, 9.17) is 24.3 Å². The number of urea groups is 2. The van der Waals surface area contributed by atoms with E-state index in [0.29, 0.717) is 5.75 Å². The lowest BCUT2D eigenvalue weighted by molar-refractivity contribution is -0.0987. The summed E-state index contributed by atoms with van der Waals surface area (Å²) >= 11 is 0. The minimum Gasteiger partial charge on any atom is -0.508 e. The van der Waals surface area contributed by atoms with Gasteiger partial charge in [-0.25, -0.2) is 9.59 Å². The largest absolute Gasteiger partial charge is 0.508 e. The summed E-state index contributed by atoms with van der Waals surface area (Å²) < 4.78 is 0. The van der Waals surface area contributed by atoms with Gasteiger partial charge < -0.3 is 37.6 Å². The van der Waals surface area contributed by atoms with Gasteiger partial charge in [0, 0.05) is 0 Å². The van der Waals surface area contributed by atoms with Crippen LogP contribution in [-0.4, -0.2) is 30.7 Å². The molecule has 9 heteroatoms. The zero-order chi connectivity index (χ0) is 16.3. The second kappa shape index (κ2) is 24.2. The molecule has 9 N–H and O–H groups in total. The molecule has 1 aromatic carbocycles. The third-order valence-electron chi connectivity index (χ3n) is 0.756. The Hall–Kier alpha value is -3.10. The molecule has 0 radical (unpaired) electrons. The smallest absolute Gasteiger partial charge is 0.309 e. The Morgan fingerprint density at radius 1 is 0.789 bits per heavy atom. The van der Waals surface area contributed by atoms with E-state index in [1.54, 1.807) is 24.3 Å². The first-order valence-electron chi connectivity index (χ1n) is 4.27. The standard InChI is InChI=1S/C6H6O.2CH4N2O.2CH2O/c7-6-4-2-1-3-5-6;2*2-1(3)4;2*1-2/h1-5,7H;2*(H4,2,3,4);2*1H2. The maximum Gasteiger partial charge on any atom is 0.309 e. The zero-order valence-corrected chi connectivity index (χ0v) is 10.2. The van der Waals surface area contributed by atoms with E-state index in [1.165, 1.54) is 0 Å². The van der Waals surface area contributed by atoms with Gasteiger partial charge in [0.25, 0.3) is 0 Å². The lowest BCUT2D eigenvalue weighted by atomic mass is 10.3. The number of aromatic hydroxyl groups is 1. The van der Waals surface area contributed by atoms with Gasteiger partial charge in [-0.1, -0.05) is 18.2 Å². The SMILES string of the molecule is C=O.C=O.NC(N)=O.NC(N)=O.Oc1ccccc1. The summed E-state index contributed by atoms with van der Waals surface area (Å²) in [4.78, 5) is 34.0. The van der Waals surface area contributed by atoms with Crippen molar-refractivity contribution in [2.75, 3.05) is 0 Å². The van der Waals surface area contributed by atoms with Gasteiger partial charge in [0.2, 0.25) is 0 Å². The van der Waals surface area contributed by atoms with Crippen molar-refractivity contribution < 1.29 is 24.3 Å². The Balaban J connectivity index is -0.0000000826. The monoisotopic (exact) mass is 274 g/mol. The minimum atomic E-state index is -0.833. The Bertz CT molecular complexity index is 299. The Morgan fingerprint density at radius 2 is 1.00 bits per heavy atom. The van der Waals surface area contributed by atoms with Crippen molar-refractivity contribution in [2.45, 2.75) is 0 Å². The Labute approximate surface area is 110 Å². The van der Waals surface area contributed by atoms with Crippen LogP contribution in [0.1, 0.15) is 0 Å². The molecule has 0 aliphatic carbocycles. The molecule has 0 saturated heterocycles. The van der Waals surface area contributed by atoms with Crippen LogP contribution in [0.4, 0.5) is 9.59 Å². The molecule has 19 heavy (non-hydrogen) atoms. The number of phenols is 1. The minimum absolute atomic E-state index is 0.322. The predicted molar refractivity (Wildman–Crippen MR) is 69.9 cm³/mol. The van der Waals surface area contributed by atoms with Crippen LogP contribution in [0.5, 0.6) is 5.75 Å². The second-order valence-corrected chi connectivity index (χ2v) is 2.14. The van der Waals surface area contributed by atoms with E-state index >= 15 is 0 Å². The molecule has 1 rings (SSSR count). The average Bonchev–Trinajstić information content (AvgIpc) is 2.34. The highest BCUT2D eigenvalue weighted by molar-refractivity contribution is 5.69. The van der Waals surface area contributed by atoms with Gasteiger partial charge in [0.1, 0.15) is 19.3 Å². The van der Waals surface area contributed by atoms with Crippen LogP contribution in [-0.2, 0) is 9.59 Å². The molecule has 0 saturated carbocycles. The van der Waals surface area contributed by atoms with Gasteiger partial charge in [-0.15, -0.1) is 0 Å². The third-order valence-corrected chi connectivity index (χ3v) is 0.756. The van der Waals surface area contributed by atoms with Crippen molar-refractivity contribution in [2.24, 2.45) is 22.9 Å². The van der Waals surface area contributed by atoms with Crippen molar-refractivity contribution >= 4 is 25.6 Å². The summed E-state index contributed by atoms with van der Waals surface area (Å²) in [6, 6.07) is 7.05. The zero-order valence-electron chi connectivity index (χ0n) is 10.2. The number of rotatable bonds is 0. The number of carbonyl (C=O) groups excluding carboxylic acids is 4. The van der Waals surface area contributed by atoms with Crippen molar-refractivity contribution in [3.8, 4) is 5.75 Å². The molecule has 0 aliphatic heterocycles. The van der Waals surface area contributed by atoms with E-state index in [2.05, 4.69) is 22.9 Å². The maximum atomic E-state index is 9.00. The van der Waals surface area contributed by atoms with Gasteiger partial charge in [0.15, 0.2) is 0 Å². The van der Waals surface area contributed by atoms with Crippen LogP contribution in [0.2, 0.25) is 0 Å². The predicted octanol–water partition coefficient (Wildman–Crippen LogP) is -0.930. The van der Waals surface area contributed by atoms with Crippen LogP contribution in [0.25, 0.3) is 0 Å². The fourth-order valence-corrected chi connectivity index (χ4v) is 0.428. The molecule has 0 bridgehead atoms. The number of nitrogens with two attached hydrogens (primary N) is 4. The highest BCUT2D eigenvalue weighted by Gasteiger charge is 1.74. The summed E-state index contributed by atoms with van der Waals surface area (Å²) in [5, 5.41) is 8.63. The lowest BCUT2D eigenvalue weighted by Gasteiger charge is -1.82. The molecule has 0 atom stereocenters. The summed E-state index contributed by atoms with van der Waals surface area (Å²) in [5.74, 6) is 0.322. The number of hydrogen-bond acceptors (Lipinski definition) is 5. The molecule has 0 aromatic heterocycles. The molecule has 0 heterocycles. The summed E-state index contributed by atoms with van der Waals surface area (Å²) in [6.45, 7) is 4.00. The molecule has 9 nitrogen and oxygen atoms in total. The lowest BCUT2D eigenvalue weighted by Crippen LogP contribution is -2.18. The van der Waals surface area contributed by atoms with E-state index in [0.717, 1.165) is 0 Å². The van der Waals surface area contributed by atoms with Crippen LogP contribution in [0.3, 0.4) is 0 Å². The number of primary amides is 4. The maximum absolute atomic E-state index is 9.00. The van der Waals surface area contributed by atoms with Gasteiger partial charge in [-0.2, -0.15) is 0 Å². The molecular formula is C10H18N4O5. The quantitative estimate of drug-likeness (QED) is 0.407. The Kier molecular flexibility index (Phi) is 31.8. The molecule has 1 aromatic rings. The van der Waals surface area contributed by atoms with Crippen molar-refractivity contribution in [1.82, 2.24) is 0 Å². The molecule has 0 fully saturated rings. The molecule has 4 amide bonds. The van der Waals surface area contributed by atoms with Crippen molar-refractivity contribution in [1.29, 1.82) is 0 Å². The summed E-state index contributed by atoms with van der Waals surface area (Å²) in [7, 11) is 0. The molecule has 108 valence electrons. The first-order valence-corrected chi connectivity index (χ1v) is 4.27. The summed E-state index contributed by atoms with van der Waals surface area (Å²) in [6.07, 6.45) is 0. The van der Waals surface area contributed by atoms with Gasteiger partial charge in [-0.05, 0) is 12.1 Å². The fourth-order valence-electron chi connectivity index (χ4n) is 0.428. The normalized spacial score (nSPS) is 6.11. The molecule has 0 aliphatic rings. The topological polar surface area (TPSA) is 193 Å². The number of benzene rings is 1. The number of hydrogen-bond donors (Lipinski definition) is 5. The fraction of sp³-hybridized carbons (Fsp3) is 0. The highest BCUT2D eigenvalue weighted by Crippen LogP contribution is 2.02. The highest BCUT2D eigenvalue weighted by atomic mass is 16.3. The van der Waals surface area contributed by atoms with Gasteiger partial charge in [0.05, 0.1) is 0 Å². The van der Waals surface area contributed by atoms with Crippen molar-refractivity contribution in [3.63, 3.8) is 0 Å². The van der Waals surface area contributed by atoms with Crippen LogP contribution in [0, 0.1) is 0 Å². The second-order valence-electron chi connectivity index (χ2n) is 2.14. The first-order chi connectivity index (χ1) is 8.86. The van der Waals surface area contributed by atoms with Crippen LogP contribution in [0.15, 0.2) is 30.3 Å². The average molecular weight is 274 g/mol. The van der Waals surface area contributed by atoms with E-state index in [-0.39, 0.29) is 0 Å². The van der Waals surface area contributed by atoms with Gasteiger partial charge >= 0.3 is 12.1 Å². The summed E-state index contributed by atoms with van der Waals surface area (Å²) in [5.41, 5.74) is 17.0. The first kappa shape index (κ1) is 24.9. The van der Waals surface area contributed by atoms with E-state index < -0.39 is 12.1 Å². The number of carbonyl (C=O) groups is 4. The number of para-hydroxylation sites is 1. The molecule has 0 unspecified atom stereocenters. The van der Waals surface area contributed by atoms with Gasteiger partial charge in [-0.3, -0.25) is 0 Å². The third kappa shape index (κ3) is 103. The van der Waals surface area contributed by atoms with Crippen LogP contribution < -0.4 is 22.9 Å². The van der Waals surface area contributed by atoms with E-state index in [1.807, 2.05) is 19.6 Å². The number of amides is 4. The Morgan fingerprint density at radius 3 is 1.11 bits per heavy atom. The van der Waals surface area contributed by atoms with Crippen LogP contribution >= 0.6 is 0 Å². The van der Waals surface area contributed by atoms with E-state index in [9.17, 15) is 0 Å².